The molecule has 3 N–H and O–H groups in total. The number of ether oxygens (including phenoxy) is 2. The number of hydrogen-bond donors (Lipinski definition) is 3. The first-order valence-corrected chi connectivity index (χ1v) is 37.2. The van der Waals surface area contributed by atoms with Gasteiger partial charge in [0, 0.05) is 97.6 Å². The molecule has 632 valence electrons. The van der Waals surface area contributed by atoms with Crippen LogP contribution < -0.4 is 10.6 Å². The number of carbonyl (C=O) groups excluding carboxylic acids is 2. The van der Waals surface area contributed by atoms with Gasteiger partial charge in [-0.15, -0.1) is 41.6 Å². The van der Waals surface area contributed by atoms with Crippen LogP contribution in [0.5, 0.6) is 0 Å². The summed E-state index contributed by atoms with van der Waals surface area (Å²) in [5.74, 6) is 6.14. The number of likely N-dealkylation sites (N-methyl/N-ethyl adjacent to an activating group) is 1. The van der Waals surface area contributed by atoms with Crippen LogP contribution in [0.2, 0.25) is 0 Å². The van der Waals surface area contributed by atoms with Crippen molar-refractivity contribution in [1.82, 2.24) is 25.3 Å². The number of carbonyl (C=O) groups is 2. The Bertz CT molecular complexity index is 4490. The molecule has 24 heteroatoms. The van der Waals surface area contributed by atoms with E-state index >= 15 is 0 Å². The molecule has 0 aromatic heterocycles. The second kappa shape index (κ2) is 67.4. The van der Waals surface area contributed by atoms with Crippen LogP contribution in [0.4, 0.5) is 39.9 Å². The Morgan fingerprint density at radius 1 is 0.534 bits per heavy atom. The molecule has 10 rings (SSSR count). The molecule has 0 bridgehead atoms. The maximum Gasteiger partial charge on any atom is 2.00 e. The van der Waals surface area contributed by atoms with Gasteiger partial charge < -0.3 is 37.9 Å². The van der Waals surface area contributed by atoms with Crippen molar-refractivity contribution >= 4 is 93.7 Å². The molecular formula is C94H109BrCl3F9MgN5O5+. The fourth-order valence-corrected chi connectivity index (χ4v) is 11.2. The molecule has 0 atom stereocenters. The van der Waals surface area contributed by atoms with E-state index in [1.165, 1.54) is 95.1 Å². The van der Waals surface area contributed by atoms with E-state index in [-0.39, 0.29) is 109 Å². The molecule has 0 saturated carbocycles. The Labute approximate surface area is 741 Å². The van der Waals surface area contributed by atoms with Gasteiger partial charge in [0.15, 0.2) is 0 Å². The largest absolute Gasteiger partial charge is 2.00 e. The first kappa shape index (κ1) is 111. The molecule has 0 aliphatic rings. The van der Waals surface area contributed by atoms with Crippen molar-refractivity contribution in [3.05, 3.63) is 376 Å². The Hall–Kier alpha value is -9.45. The molecule has 0 saturated heterocycles. The molecule has 0 spiro atoms. The van der Waals surface area contributed by atoms with Crippen molar-refractivity contribution in [2.75, 3.05) is 74.6 Å². The third-order valence-electron chi connectivity index (χ3n) is 16.4. The van der Waals surface area contributed by atoms with Crippen molar-refractivity contribution in [3.8, 4) is 34.7 Å². The Morgan fingerprint density at radius 2 is 0.915 bits per heavy atom. The molecule has 10 aromatic carbocycles. The van der Waals surface area contributed by atoms with Crippen LogP contribution >= 0.6 is 53.2 Å². The summed E-state index contributed by atoms with van der Waals surface area (Å²) in [5, 5.41) is 17.6. The van der Waals surface area contributed by atoms with Gasteiger partial charge in [-0.05, 0) is 219 Å². The zero-order valence-electron chi connectivity index (χ0n) is 70.2. The van der Waals surface area contributed by atoms with E-state index < -0.39 is 17.2 Å². The molecule has 0 aliphatic carbocycles. The topological polar surface area (TPSA) is 107 Å². The number of halogens is 13. The van der Waals surface area contributed by atoms with Gasteiger partial charge in [-0.25, -0.2) is 31.1 Å². The summed E-state index contributed by atoms with van der Waals surface area (Å²) in [6.45, 7) is 13.7. The summed E-state index contributed by atoms with van der Waals surface area (Å²) >= 11 is 2.80. The second-order valence-electron chi connectivity index (χ2n) is 25.2. The number of aliphatic hydroxyl groups is 1. The minimum atomic E-state index is -1.48. The number of rotatable bonds is 28. The summed E-state index contributed by atoms with van der Waals surface area (Å²) in [5.41, 5.74) is 8.39. The summed E-state index contributed by atoms with van der Waals surface area (Å²) in [7, 11) is 9.82. The van der Waals surface area contributed by atoms with Crippen LogP contribution in [0, 0.1) is 69.6 Å². The van der Waals surface area contributed by atoms with E-state index in [0.717, 1.165) is 85.8 Å². The molecule has 10 nitrogen and oxygen atoms in total. The van der Waals surface area contributed by atoms with Crippen LogP contribution in [-0.2, 0) is 50.8 Å². The molecular weight excluding hydrogens is 1660 g/mol. The van der Waals surface area contributed by atoms with E-state index in [2.05, 4.69) is 112 Å². The normalized spacial score (nSPS) is 9.71. The third-order valence-corrected chi connectivity index (χ3v) is 16.6. The van der Waals surface area contributed by atoms with Gasteiger partial charge in [-0.3, -0.25) is 9.69 Å². The van der Waals surface area contributed by atoms with Crippen molar-refractivity contribution in [2.24, 2.45) is 0 Å². The molecule has 0 aliphatic heterocycles. The Balaban J connectivity index is -0.000000263. The maximum absolute atomic E-state index is 13.8. The Morgan fingerprint density at radius 3 is 1.28 bits per heavy atom. The summed E-state index contributed by atoms with van der Waals surface area (Å²) in [6, 6.07) is 78.4. The van der Waals surface area contributed by atoms with Crippen molar-refractivity contribution < 1.29 is 71.2 Å². The Kier molecular flexibility index (Phi) is 63.2. The van der Waals surface area contributed by atoms with Crippen molar-refractivity contribution in [1.29, 1.82) is 0 Å². The maximum atomic E-state index is 13.8. The van der Waals surface area contributed by atoms with Crippen molar-refractivity contribution in [2.45, 2.75) is 70.8 Å². The third kappa shape index (κ3) is 47.2. The number of nitrogens with one attached hydrogen (secondary N) is 2. The first-order chi connectivity index (χ1) is 55.2. The number of benzene rings is 10. The predicted octanol–water partition coefficient (Wildman–Crippen LogP) is 22.0. The van der Waals surface area contributed by atoms with Gasteiger partial charge in [0.05, 0.1) is 19.6 Å². The minimum Gasteiger partial charge on any atom is -1.00 e. The molecule has 0 unspecified atom stereocenters. The number of hydrogen-bond acceptors (Lipinski definition) is 10. The summed E-state index contributed by atoms with van der Waals surface area (Å²) < 4.78 is 118. The average Bonchev–Trinajstić information content (AvgIpc) is 0.788. The van der Waals surface area contributed by atoms with Gasteiger partial charge in [-0.1, -0.05) is 207 Å². The van der Waals surface area contributed by atoms with Gasteiger partial charge in [0.1, 0.15) is 46.7 Å². The molecule has 0 fully saturated rings. The number of esters is 2. The van der Waals surface area contributed by atoms with Crippen LogP contribution in [0.15, 0.2) is 286 Å². The van der Waals surface area contributed by atoms with Gasteiger partial charge in [0.25, 0.3) is 0 Å². The molecule has 0 heterocycles. The molecule has 10 aromatic rings. The SMILES string of the molecule is C=CC(=O)OCC.CCOC(=O)CCN(C)Cc1ccccc1.CN(CC=C(c1cccc(F)c1)c1cccc(F)c1)Cc1ccccc1.CN(CCC(O)(c1cccc(F)c1)c1cccc(F)c1)Cc1ccccc1.CNCCC(c1cccc(F)c1)c1cccc(F)c1.CNCc1ccccc1.Cl.Cl.Cl.FC#CC#CC#CBr.FF.[2HH].[H+].[H-].[H-].[HH].[Mg+2]. The number of nitrogens with zero attached hydrogens (tertiary/aromatic N) is 3. The van der Waals surface area contributed by atoms with Crippen LogP contribution in [-0.4, -0.2) is 129 Å². The summed E-state index contributed by atoms with van der Waals surface area (Å²) in [6.07, 6.45) is 5.84. The van der Waals surface area contributed by atoms with E-state index in [9.17, 15) is 45.4 Å². The fraction of sp³-hybridized carbons (Fsp3) is 0.234. The molecule has 0 amide bonds. The predicted molar refractivity (Wildman–Crippen MR) is 480 cm³/mol. The van der Waals surface area contributed by atoms with Crippen LogP contribution in [0.1, 0.15) is 102 Å². The van der Waals surface area contributed by atoms with Crippen molar-refractivity contribution in [3.63, 3.8) is 0 Å². The molecule has 118 heavy (non-hydrogen) atoms. The zero-order valence-corrected chi connectivity index (χ0v) is 72.6. The van der Waals surface area contributed by atoms with Crippen LogP contribution in [0.25, 0.3) is 5.57 Å². The summed E-state index contributed by atoms with van der Waals surface area (Å²) in [4.78, 5) is 29.9. The zero-order chi connectivity index (χ0) is 83.6. The van der Waals surface area contributed by atoms with E-state index in [1.807, 2.05) is 163 Å². The average molecular weight is 1770 g/mol. The van der Waals surface area contributed by atoms with Gasteiger partial charge >= 0.3 is 36.4 Å². The van der Waals surface area contributed by atoms with E-state index in [4.69, 9.17) is 13.9 Å². The van der Waals surface area contributed by atoms with Crippen LogP contribution in [0.3, 0.4) is 0 Å². The monoisotopic (exact) mass is 1770 g/mol. The van der Waals surface area contributed by atoms with E-state index in [0.29, 0.717) is 50.3 Å². The minimum absolute atomic E-state index is 0. The van der Waals surface area contributed by atoms with E-state index in [1.54, 1.807) is 55.5 Å². The first-order valence-electron chi connectivity index (χ1n) is 36.5. The quantitative estimate of drug-likeness (QED) is 0.0144. The van der Waals surface area contributed by atoms with Gasteiger partial charge in [-0.2, -0.15) is 0 Å². The molecule has 0 radical (unpaired) electrons. The van der Waals surface area contributed by atoms with Gasteiger partial charge in [0.2, 0.25) is 0 Å². The fourth-order valence-electron chi connectivity index (χ4n) is 11.1. The standard InChI is InChI=1S/C23H23F2NO.C23H21F2N.C16H17F2N.C13H19NO2.C8H11N.C6BrF.C5H8O2.3ClH.F2.Mg.2H2.2H/c1-26(17-18-7-3-2-4-8-18)14-13-23(27,19-9-5-11-21(24)15-19)20-10-6-12-22(25)16-20;1-26(17-18-7-3-2-4-8-18)14-13-23(19-9-5-11-21(24)15-19)20-10-6-12-22(25)16-20;1-19-9-8-16(12-4-2-6-14(17)10-12)13-5-3-7-15(18)11-13;1-3-16-13(15)9-10-14(2)11-12-7-5-4-6-8-12;1-9-7-8-5-3-2-4-6-8;7-5-3-1-2-4-6-8;1-3-5(6)7-4-2;;;;1-2;;;;;/h2-12,15-16,27H,13-14,17H2,1H3;2-13,15-16H,14,17H2,1H3;2-7,10-11,16,19H,8-9H2,1H3;4-8H,3,9-11H2,1-2H3;2-6,9H,7H2,1H3;;3H,1,4H2,2H3;3*1H;;;2*1H;;/q;;;;;;;;;;;+2;;;2*-1/p+1/i;;;;;;;;;;;;1+1;;;. The smallest absolute Gasteiger partial charge is 1.00 e. The second-order valence-corrected chi connectivity index (χ2v) is 25.6.